The summed E-state index contributed by atoms with van der Waals surface area (Å²) in [7, 11) is 0. The molecular weight excluding hydrogens is 352 g/mol. The van der Waals surface area contributed by atoms with E-state index in [1.807, 2.05) is 30.0 Å². The van der Waals surface area contributed by atoms with Gasteiger partial charge in [0.25, 0.3) is 0 Å². The summed E-state index contributed by atoms with van der Waals surface area (Å²) in [4.78, 5) is 29.8. The number of anilines is 2. The van der Waals surface area contributed by atoms with Crippen LogP contribution in [0.5, 0.6) is 0 Å². The maximum atomic E-state index is 13.1. The lowest BCUT2D eigenvalue weighted by Gasteiger charge is -2.24. The molecule has 2 saturated heterocycles. The summed E-state index contributed by atoms with van der Waals surface area (Å²) in [6.07, 6.45) is 3.39. The van der Waals surface area contributed by atoms with Gasteiger partial charge in [-0.3, -0.25) is 9.78 Å². The van der Waals surface area contributed by atoms with E-state index in [1.54, 1.807) is 6.20 Å². The SMILES string of the molecule is Cc1nc(N)nc(N2CCC3(CCN(Cc4ccccn4)C3=O)C2)c1Cl. The summed E-state index contributed by atoms with van der Waals surface area (Å²) in [5, 5.41) is 0.507. The minimum Gasteiger partial charge on any atom is -0.368 e. The second kappa shape index (κ2) is 6.39. The molecule has 0 bridgehead atoms. The first-order chi connectivity index (χ1) is 12.5. The van der Waals surface area contributed by atoms with Gasteiger partial charge in [0.15, 0.2) is 5.82 Å². The Kier molecular flexibility index (Phi) is 4.19. The van der Waals surface area contributed by atoms with Crippen molar-refractivity contribution in [3.63, 3.8) is 0 Å². The molecule has 2 fully saturated rings. The number of pyridine rings is 1. The van der Waals surface area contributed by atoms with Crippen LogP contribution >= 0.6 is 11.6 Å². The van der Waals surface area contributed by atoms with Gasteiger partial charge in [-0.1, -0.05) is 17.7 Å². The van der Waals surface area contributed by atoms with E-state index in [1.165, 1.54) is 0 Å². The zero-order valence-corrected chi connectivity index (χ0v) is 15.4. The number of halogens is 1. The number of nitrogens with two attached hydrogens (primary N) is 1. The number of amides is 1. The molecule has 2 aliphatic heterocycles. The van der Waals surface area contributed by atoms with Crippen LogP contribution in [0.4, 0.5) is 11.8 Å². The van der Waals surface area contributed by atoms with E-state index in [4.69, 9.17) is 17.3 Å². The van der Waals surface area contributed by atoms with Crippen molar-refractivity contribution in [3.05, 3.63) is 40.8 Å². The fourth-order valence-corrected chi connectivity index (χ4v) is 4.14. The predicted octanol–water partition coefficient (Wildman–Crippen LogP) is 2.04. The predicted molar refractivity (Wildman–Crippen MR) is 99.7 cm³/mol. The first kappa shape index (κ1) is 17.0. The maximum Gasteiger partial charge on any atom is 0.231 e. The normalized spacial score (nSPS) is 22.6. The summed E-state index contributed by atoms with van der Waals surface area (Å²) in [5.74, 6) is 1.03. The highest BCUT2D eigenvalue weighted by atomic mass is 35.5. The lowest BCUT2D eigenvalue weighted by molar-refractivity contribution is -0.135. The molecule has 2 aromatic rings. The summed E-state index contributed by atoms with van der Waals surface area (Å²) in [5.41, 5.74) is 6.99. The number of rotatable bonds is 3. The number of likely N-dealkylation sites (tertiary alicyclic amines) is 1. The van der Waals surface area contributed by atoms with Gasteiger partial charge in [0.1, 0.15) is 5.02 Å². The molecule has 1 atom stereocenters. The summed E-state index contributed by atoms with van der Waals surface area (Å²) in [6, 6.07) is 5.77. The Hall–Kier alpha value is -2.41. The average molecular weight is 373 g/mol. The highest BCUT2D eigenvalue weighted by Gasteiger charge is 2.51. The molecule has 1 spiro atoms. The van der Waals surface area contributed by atoms with E-state index in [9.17, 15) is 4.79 Å². The van der Waals surface area contributed by atoms with Gasteiger partial charge in [-0.15, -0.1) is 0 Å². The second-order valence-corrected chi connectivity index (χ2v) is 7.43. The van der Waals surface area contributed by atoms with Crippen molar-refractivity contribution >= 4 is 29.3 Å². The van der Waals surface area contributed by atoms with Crippen molar-refractivity contribution in [3.8, 4) is 0 Å². The first-order valence-corrected chi connectivity index (χ1v) is 9.10. The fraction of sp³-hybridized carbons (Fsp3) is 0.444. The van der Waals surface area contributed by atoms with Gasteiger partial charge < -0.3 is 15.5 Å². The van der Waals surface area contributed by atoms with Crippen molar-refractivity contribution in [2.24, 2.45) is 5.41 Å². The molecule has 0 radical (unpaired) electrons. The monoisotopic (exact) mass is 372 g/mol. The average Bonchev–Trinajstić information content (AvgIpc) is 3.19. The molecule has 2 N–H and O–H groups in total. The minimum atomic E-state index is -0.369. The Morgan fingerprint density at radius 1 is 1.27 bits per heavy atom. The van der Waals surface area contributed by atoms with Crippen molar-refractivity contribution in [1.29, 1.82) is 0 Å². The molecule has 0 aromatic carbocycles. The van der Waals surface area contributed by atoms with Gasteiger partial charge in [0.2, 0.25) is 11.9 Å². The molecule has 2 aromatic heterocycles. The third kappa shape index (κ3) is 2.86. The topological polar surface area (TPSA) is 88.2 Å². The van der Waals surface area contributed by atoms with Crippen molar-refractivity contribution < 1.29 is 4.79 Å². The van der Waals surface area contributed by atoms with Crippen molar-refractivity contribution in [1.82, 2.24) is 19.9 Å². The summed E-state index contributed by atoms with van der Waals surface area (Å²) < 4.78 is 0. The minimum absolute atomic E-state index is 0.195. The number of hydrogen-bond donors (Lipinski definition) is 1. The van der Waals surface area contributed by atoms with Crippen LogP contribution < -0.4 is 10.6 Å². The fourth-order valence-electron chi connectivity index (χ4n) is 3.94. The molecule has 7 nitrogen and oxygen atoms in total. The van der Waals surface area contributed by atoms with E-state index < -0.39 is 0 Å². The van der Waals surface area contributed by atoms with Crippen LogP contribution in [0.15, 0.2) is 24.4 Å². The van der Waals surface area contributed by atoms with Crippen LogP contribution in [0.25, 0.3) is 0 Å². The van der Waals surface area contributed by atoms with Gasteiger partial charge in [0, 0.05) is 25.8 Å². The molecular formula is C18H21ClN6O. The summed E-state index contributed by atoms with van der Waals surface area (Å²) >= 11 is 6.39. The molecule has 136 valence electrons. The molecule has 0 aliphatic carbocycles. The van der Waals surface area contributed by atoms with Gasteiger partial charge in [-0.05, 0) is 31.9 Å². The lowest BCUT2D eigenvalue weighted by Crippen LogP contribution is -2.37. The van der Waals surface area contributed by atoms with Crippen LogP contribution in [-0.2, 0) is 11.3 Å². The molecule has 8 heteroatoms. The van der Waals surface area contributed by atoms with Crippen LogP contribution in [0.2, 0.25) is 5.02 Å². The van der Waals surface area contributed by atoms with E-state index >= 15 is 0 Å². The maximum absolute atomic E-state index is 13.1. The smallest absolute Gasteiger partial charge is 0.231 e. The Bertz CT molecular complexity index is 845. The number of hydrogen-bond acceptors (Lipinski definition) is 6. The second-order valence-electron chi connectivity index (χ2n) is 7.05. The Morgan fingerprint density at radius 2 is 2.08 bits per heavy atom. The molecule has 26 heavy (non-hydrogen) atoms. The molecule has 1 amide bonds. The Morgan fingerprint density at radius 3 is 2.85 bits per heavy atom. The highest BCUT2D eigenvalue weighted by Crippen LogP contribution is 2.43. The quantitative estimate of drug-likeness (QED) is 0.887. The first-order valence-electron chi connectivity index (χ1n) is 8.72. The standard InChI is InChI=1S/C18H21ClN6O/c1-12-14(19)15(23-17(20)22-12)25-9-6-18(11-25)5-8-24(16(18)26)10-13-4-2-3-7-21-13/h2-4,7H,5-6,8-11H2,1H3,(H2,20,22,23). The van der Waals surface area contributed by atoms with Crippen LogP contribution in [0.1, 0.15) is 24.2 Å². The highest BCUT2D eigenvalue weighted by molar-refractivity contribution is 6.33. The largest absolute Gasteiger partial charge is 0.368 e. The number of carbonyl (C=O) groups is 1. The number of aromatic nitrogens is 3. The number of nitrogens with zero attached hydrogens (tertiary/aromatic N) is 5. The zero-order chi connectivity index (χ0) is 18.3. The van der Waals surface area contributed by atoms with Gasteiger partial charge >= 0.3 is 0 Å². The third-order valence-corrected chi connectivity index (χ3v) is 5.79. The summed E-state index contributed by atoms with van der Waals surface area (Å²) in [6.45, 7) is 4.47. The van der Waals surface area contributed by atoms with Crippen LogP contribution in [-0.4, -0.2) is 45.4 Å². The van der Waals surface area contributed by atoms with Crippen LogP contribution in [0, 0.1) is 12.3 Å². The lowest BCUT2D eigenvalue weighted by atomic mass is 9.85. The molecule has 4 rings (SSSR count). The molecule has 4 heterocycles. The number of carbonyl (C=O) groups excluding carboxylic acids is 1. The van der Waals surface area contributed by atoms with E-state index in [0.29, 0.717) is 29.6 Å². The zero-order valence-electron chi connectivity index (χ0n) is 14.7. The van der Waals surface area contributed by atoms with E-state index in [0.717, 1.165) is 31.6 Å². The number of nitrogen functional groups attached to an aromatic ring is 1. The van der Waals surface area contributed by atoms with Crippen molar-refractivity contribution in [2.45, 2.75) is 26.3 Å². The van der Waals surface area contributed by atoms with Gasteiger partial charge in [-0.2, -0.15) is 4.98 Å². The third-order valence-electron chi connectivity index (χ3n) is 5.35. The Labute approximate surface area is 157 Å². The molecule has 1 unspecified atom stereocenters. The molecule has 2 aliphatic rings. The van der Waals surface area contributed by atoms with E-state index in [-0.39, 0.29) is 17.3 Å². The van der Waals surface area contributed by atoms with Gasteiger partial charge in [-0.25, -0.2) is 4.98 Å². The van der Waals surface area contributed by atoms with Gasteiger partial charge in [0.05, 0.1) is 23.3 Å². The Balaban J connectivity index is 1.52. The molecule has 0 saturated carbocycles. The van der Waals surface area contributed by atoms with E-state index in [2.05, 4.69) is 19.9 Å². The number of aryl methyl sites for hydroxylation is 1. The van der Waals surface area contributed by atoms with Crippen LogP contribution in [0.3, 0.4) is 0 Å². The van der Waals surface area contributed by atoms with Crippen molar-refractivity contribution in [2.75, 3.05) is 30.3 Å².